The van der Waals surface area contributed by atoms with Crippen LogP contribution in [0.25, 0.3) is 0 Å². The molecule has 0 N–H and O–H groups in total. The maximum Gasteiger partial charge on any atom is 0.0843 e. The molecule has 1 heterocycles. The summed E-state index contributed by atoms with van der Waals surface area (Å²) in [5, 5.41) is 2.16. The van der Waals surface area contributed by atoms with Gasteiger partial charge in [0.05, 0.1) is 8.26 Å². The van der Waals surface area contributed by atoms with Crippen molar-refractivity contribution in [1.29, 1.82) is 0 Å². The molecule has 0 bridgehead atoms. The van der Waals surface area contributed by atoms with E-state index in [0.29, 0.717) is 0 Å². The van der Waals surface area contributed by atoms with Crippen LogP contribution >= 0.6 is 45.5 Å². The van der Waals surface area contributed by atoms with E-state index >= 15 is 0 Å². The van der Waals surface area contributed by atoms with Crippen molar-refractivity contribution in [3.63, 3.8) is 0 Å². The van der Waals surface area contributed by atoms with E-state index in [4.69, 9.17) is 11.6 Å². The molecule has 0 fully saturated rings. The van der Waals surface area contributed by atoms with Crippen LogP contribution in [-0.4, -0.2) is 0 Å². The average molecular weight is 389 g/mol. The zero-order valence-electron chi connectivity index (χ0n) is 9.96. The zero-order valence-corrected chi connectivity index (χ0v) is 13.7. The number of aryl methyl sites for hydroxylation is 2. The van der Waals surface area contributed by atoms with Gasteiger partial charge in [0.2, 0.25) is 0 Å². The predicted molar refractivity (Wildman–Crippen MR) is 87.8 cm³/mol. The van der Waals surface area contributed by atoms with E-state index in [-0.39, 0.29) is 5.38 Å². The van der Waals surface area contributed by atoms with Crippen LogP contribution in [0.1, 0.15) is 40.5 Å². The molecule has 1 atom stereocenters. The van der Waals surface area contributed by atoms with Crippen LogP contribution in [0.2, 0.25) is 0 Å². The standard InChI is InChI=1S/C15H14ClIS/c16-15(13-8-14(17)18-9-13)12-6-5-10-3-1-2-4-11(10)7-12/h5-9,15H,1-4H2. The van der Waals surface area contributed by atoms with Gasteiger partial charge < -0.3 is 0 Å². The molecule has 0 radical (unpaired) electrons. The SMILES string of the molecule is ClC(c1csc(I)c1)c1ccc2c(c1)CCCC2. The molecular formula is C15H14ClIS. The van der Waals surface area contributed by atoms with Crippen molar-refractivity contribution in [2.24, 2.45) is 0 Å². The molecule has 1 aliphatic rings. The van der Waals surface area contributed by atoms with E-state index < -0.39 is 0 Å². The normalized spacial score (nSPS) is 16.3. The van der Waals surface area contributed by atoms with Crippen LogP contribution in [-0.2, 0) is 12.8 Å². The molecule has 0 amide bonds. The summed E-state index contributed by atoms with van der Waals surface area (Å²) >= 11 is 10.7. The largest absolute Gasteiger partial charge is 0.137 e. The van der Waals surface area contributed by atoms with Crippen LogP contribution in [0.3, 0.4) is 0 Å². The Morgan fingerprint density at radius 1 is 1.06 bits per heavy atom. The Bertz CT molecular complexity index is 561. The summed E-state index contributed by atoms with van der Waals surface area (Å²) in [6.07, 6.45) is 5.10. The third-order valence-corrected chi connectivity index (χ3v) is 5.86. The third-order valence-electron chi connectivity index (χ3n) is 3.55. The molecule has 1 aromatic carbocycles. The fourth-order valence-corrected chi connectivity index (χ4v) is 4.29. The van der Waals surface area contributed by atoms with Crippen LogP contribution in [0.5, 0.6) is 0 Å². The van der Waals surface area contributed by atoms with Crippen molar-refractivity contribution in [2.45, 2.75) is 31.1 Å². The molecular weight excluding hydrogens is 375 g/mol. The van der Waals surface area contributed by atoms with Gasteiger partial charge in [-0.25, -0.2) is 0 Å². The number of hydrogen-bond acceptors (Lipinski definition) is 1. The summed E-state index contributed by atoms with van der Waals surface area (Å²) in [5.41, 5.74) is 5.50. The first kappa shape index (κ1) is 12.9. The monoisotopic (exact) mass is 388 g/mol. The van der Waals surface area contributed by atoms with Gasteiger partial charge in [0.15, 0.2) is 0 Å². The van der Waals surface area contributed by atoms with Crippen LogP contribution in [0, 0.1) is 2.88 Å². The Kier molecular flexibility index (Phi) is 3.97. The smallest absolute Gasteiger partial charge is 0.0843 e. The lowest BCUT2D eigenvalue weighted by molar-refractivity contribution is 0.684. The molecule has 0 saturated heterocycles. The molecule has 0 saturated carbocycles. The number of rotatable bonds is 2. The summed E-state index contributed by atoms with van der Waals surface area (Å²) in [7, 11) is 0. The van der Waals surface area contributed by atoms with Crippen molar-refractivity contribution < 1.29 is 0 Å². The van der Waals surface area contributed by atoms with Crippen LogP contribution in [0.4, 0.5) is 0 Å². The molecule has 2 aromatic rings. The Labute approximate surface area is 131 Å². The summed E-state index contributed by atoms with van der Waals surface area (Å²) < 4.78 is 1.30. The van der Waals surface area contributed by atoms with Crippen molar-refractivity contribution in [2.75, 3.05) is 0 Å². The van der Waals surface area contributed by atoms with Crippen molar-refractivity contribution in [1.82, 2.24) is 0 Å². The summed E-state index contributed by atoms with van der Waals surface area (Å²) in [6.45, 7) is 0. The minimum absolute atomic E-state index is 0.00278. The maximum atomic E-state index is 6.59. The maximum absolute atomic E-state index is 6.59. The van der Waals surface area contributed by atoms with Crippen LogP contribution < -0.4 is 0 Å². The minimum Gasteiger partial charge on any atom is -0.137 e. The highest BCUT2D eigenvalue weighted by Crippen LogP contribution is 2.34. The van der Waals surface area contributed by atoms with Crippen molar-refractivity contribution in [3.05, 3.63) is 54.8 Å². The highest BCUT2D eigenvalue weighted by molar-refractivity contribution is 14.1. The predicted octanol–water partition coefficient (Wildman–Crippen LogP) is 5.56. The highest BCUT2D eigenvalue weighted by atomic mass is 127. The number of fused-ring (bicyclic) bond motifs is 1. The Morgan fingerprint density at radius 2 is 1.83 bits per heavy atom. The fraction of sp³-hybridized carbons (Fsp3) is 0.333. The second-order valence-electron chi connectivity index (χ2n) is 4.78. The Hall–Kier alpha value is -0.0600. The van der Waals surface area contributed by atoms with Gasteiger partial charge in [-0.1, -0.05) is 18.2 Å². The average Bonchev–Trinajstić information content (AvgIpc) is 2.84. The van der Waals surface area contributed by atoms with E-state index in [1.165, 1.54) is 50.8 Å². The number of benzene rings is 1. The zero-order chi connectivity index (χ0) is 12.5. The Balaban J connectivity index is 1.92. The van der Waals surface area contributed by atoms with Gasteiger partial charge in [0, 0.05) is 0 Å². The van der Waals surface area contributed by atoms with Gasteiger partial charge in [0.1, 0.15) is 0 Å². The Morgan fingerprint density at radius 3 is 2.56 bits per heavy atom. The molecule has 3 heteroatoms. The number of alkyl halides is 1. The van der Waals surface area contributed by atoms with Gasteiger partial charge in [-0.2, -0.15) is 0 Å². The first-order valence-corrected chi connectivity index (χ1v) is 8.63. The molecule has 0 nitrogen and oxygen atoms in total. The topological polar surface area (TPSA) is 0 Å². The van der Waals surface area contributed by atoms with Gasteiger partial charge in [-0.3, -0.25) is 0 Å². The molecule has 0 aliphatic heterocycles. The second-order valence-corrected chi connectivity index (χ2v) is 8.02. The van der Waals surface area contributed by atoms with E-state index in [0.717, 1.165) is 0 Å². The number of hydrogen-bond donors (Lipinski definition) is 0. The first-order valence-electron chi connectivity index (χ1n) is 6.24. The third kappa shape index (κ3) is 2.61. The lowest BCUT2D eigenvalue weighted by Crippen LogP contribution is -2.04. The van der Waals surface area contributed by atoms with E-state index in [9.17, 15) is 0 Å². The lowest BCUT2D eigenvalue weighted by atomic mass is 9.89. The second kappa shape index (κ2) is 5.51. The van der Waals surface area contributed by atoms with Crippen LogP contribution in [0.15, 0.2) is 29.6 Å². The van der Waals surface area contributed by atoms with E-state index in [1.807, 2.05) is 0 Å². The lowest BCUT2D eigenvalue weighted by Gasteiger charge is -2.18. The van der Waals surface area contributed by atoms with E-state index in [2.05, 4.69) is 52.2 Å². The van der Waals surface area contributed by atoms with Crippen molar-refractivity contribution >= 4 is 45.5 Å². The highest BCUT2D eigenvalue weighted by Gasteiger charge is 2.15. The van der Waals surface area contributed by atoms with Gasteiger partial charge in [-0.15, -0.1) is 22.9 Å². The summed E-state index contributed by atoms with van der Waals surface area (Å²) in [5.74, 6) is 0. The molecule has 1 unspecified atom stereocenters. The summed E-state index contributed by atoms with van der Waals surface area (Å²) in [4.78, 5) is 0. The molecule has 0 spiro atoms. The number of halogens is 2. The van der Waals surface area contributed by atoms with Gasteiger partial charge >= 0.3 is 0 Å². The molecule has 18 heavy (non-hydrogen) atoms. The van der Waals surface area contributed by atoms with Gasteiger partial charge in [-0.05, 0) is 82.0 Å². The fourth-order valence-electron chi connectivity index (χ4n) is 2.56. The molecule has 3 rings (SSSR count). The first-order chi connectivity index (χ1) is 8.74. The quantitative estimate of drug-likeness (QED) is 0.467. The molecule has 1 aliphatic carbocycles. The van der Waals surface area contributed by atoms with Gasteiger partial charge in [0.25, 0.3) is 0 Å². The minimum atomic E-state index is -0.00278. The molecule has 94 valence electrons. The van der Waals surface area contributed by atoms with Crippen molar-refractivity contribution in [3.8, 4) is 0 Å². The number of thiophene rings is 1. The molecule has 1 aromatic heterocycles. The van der Waals surface area contributed by atoms with E-state index in [1.54, 1.807) is 11.3 Å². The summed E-state index contributed by atoms with van der Waals surface area (Å²) in [6, 6.07) is 8.97.